The lowest BCUT2D eigenvalue weighted by Crippen LogP contribution is -2.31. The predicted molar refractivity (Wildman–Crippen MR) is 476 cm³/mol. The SMILES string of the molecule is COC(c1ccc(C(=C2C=C(C(C)(C)C)C(=O)C(C(C)(C)C)=C2)c2cc(C(C)(C)C)c([O])c(C(C)(C)C)c2)cc1)(c1ccc(C(=C2C=C(C(C)(C)C)C(=O)C(C(C)(C)C)=C2)c2cc(C(C)(C)C)c([O])c(C(C)(C)C)c2)cc1)c1ccc(C(=C2C=C(C(C)(C)C)C(=O)C(C(C)(C)C)=C2)c2cc(C(C)(C)C)c([O])c(C(C)(C)C)c2)cc1. The summed E-state index contributed by atoms with van der Waals surface area (Å²) < 4.78 is 7.39. The molecule has 0 aliphatic heterocycles. The minimum absolute atomic E-state index is 0.0224. The normalized spacial score (nSPS) is 15.9. The van der Waals surface area contributed by atoms with E-state index in [0.29, 0.717) is 66.8 Å². The van der Waals surface area contributed by atoms with Crippen LogP contribution < -0.4 is 0 Å². The van der Waals surface area contributed by atoms with E-state index in [-0.39, 0.29) is 34.6 Å². The number of rotatable bonds is 10. The number of benzene rings is 6. The molecule has 0 fully saturated rings. The fraction of sp³-hybridized carbons (Fsp3) is 0.467. The Bertz CT molecular complexity index is 4420. The van der Waals surface area contributed by atoms with Crippen molar-refractivity contribution in [1.29, 1.82) is 0 Å². The van der Waals surface area contributed by atoms with E-state index < -0.39 is 70.6 Å². The molecule has 0 aromatic heterocycles. The molecule has 0 heterocycles. The van der Waals surface area contributed by atoms with Gasteiger partial charge in [-0.1, -0.05) is 322 Å². The molecule has 6 aromatic rings. The van der Waals surface area contributed by atoms with Crippen molar-refractivity contribution in [3.8, 4) is 17.2 Å². The monoisotopic (exact) mass is 1530 g/mol. The predicted octanol–water partition coefficient (Wildman–Crippen LogP) is 28.8. The lowest BCUT2D eigenvalue weighted by Gasteiger charge is -2.35. The lowest BCUT2D eigenvalue weighted by atomic mass is 9.70. The van der Waals surface area contributed by atoms with Gasteiger partial charge in [0.2, 0.25) is 0 Å². The van der Waals surface area contributed by atoms with Crippen molar-refractivity contribution in [2.24, 2.45) is 32.5 Å². The Hall–Kier alpha value is -8.65. The number of carbonyl (C=O) groups excluding carboxylic acids is 3. The molecule has 9 rings (SSSR count). The third kappa shape index (κ3) is 17.8. The molecule has 6 aromatic carbocycles. The fourth-order valence-electron chi connectivity index (χ4n) is 16.3. The summed E-state index contributed by atoms with van der Waals surface area (Å²) in [6.45, 7) is 75.4. The van der Waals surface area contributed by atoms with Crippen molar-refractivity contribution in [3.63, 3.8) is 0 Å². The Kier molecular flexibility index (Phi) is 23.4. The summed E-state index contributed by atoms with van der Waals surface area (Å²) in [4.78, 5) is 44.8. The number of ether oxygens (including phenoxy) is 1. The Morgan fingerprint density at radius 2 is 0.368 bits per heavy atom. The highest BCUT2D eigenvalue weighted by molar-refractivity contribution is 6.15. The number of methoxy groups -OCH3 is 1. The number of carbonyl (C=O) groups is 3. The van der Waals surface area contributed by atoms with Crippen molar-refractivity contribution < 1.29 is 34.4 Å². The molecule has 3 aliphatic carbocycles. The van der Waals surface area contributed by atoms with Crippen molar-refractivity contribution in [1.82, 2.24) is 0 Å². The molecule has 0 unspecified atom stereocenters. The van der Waals surface area contributed by atoms with Crippen molar-refractivity contribution in [2.45, 2.75) is 287 Å². The number of allylic oxidation sites excluding steroid dienone is 15. The average molecular weight is 1530 g/mol. The standard InChI is InChI=1S/C107H135O7/c1-95(2,3)74-50-65(51-75(89(74)108)96(4,5)6)86(66-52-76(97(7,8)9)90(109)77(53-66)98(10,11)12)62-38-44-71(45-39-62)107(114-37,72-46-40-63(41-47-72)87(67-54-78(99(13,14)15)91(110)79(55-67)100(16,17)18)68-56-80(101(19,20)21)92(111)81(57-68)102(22,23)24)73-48-42-64(43-49-73)88(69-58-82(103(25,26)27)93(112)83(59-69)104(28,29)30)70-60-84(105(31,32)33)94(113)85(61-70)106(34,35)36/h38-61H,1-37H3. The number of Topliss-reactive ketones (excluding diaryl/α,β-unsaturated/α-hetero) is 3. The van der Waals surface area contributed by atoms with Crippen molar-refractivity contribution in [2.75, 3.05) is 7.11 Å². The van der Waals surface area contributed by atoms with Gasteiger partial charge in [-0.2, -0.15) is 0 Å². The second kappa shape index (κ2) is 29.8. The maximum atomic E-state index is 14.9. The second-order valence-corrected chi connectivity index (χ2v) is 45.1. The van der Waals surface area contributed by atoms with Gasteiger partial charge in [0.25, 0.3) is 0 Å². The molecule has 0 atom stereocenters. The molecule has 0 N–H and O–H groups in total. The molecular weight excluding hydrogens is 1400 g/mol. The molecule has 3 radical (unpaired) electrons. The first-order valence-corrected chi connectivity index (χ1v) is 41.2. The van der Waals surface area contributed by atoms with Crippen LogP contribution in [0.5, 0.6) is 17.2 Å². The van der Waals surface area contributed by atoms with Crippen LogP contribution in [0.4, 0.5) is 0 Å². The number of hydrogen-bond acceptors (Lipinski definition) is 4. The third-order valence-electron chi connectivity index (χ3n) is 23.0. The molecule has 3 aliphatic rings. The summed E-state index contributed by atoms with van der Waals surface area (Å²) in [7, 11) is 1.76. The maximum Gasteiger partial charge on any atom is 0.186 e. The van der Waals surface area contributed by atoms with E-state index >= 15 is 0 Å². The van der Waals surface area contributed by atoms with E-state index in [1.807, 2.05) is 0 Å². The molecule has 0 amide bonds. The van der Waals surface area contributed by atoms with Crippen LogP contribution in [0.3, 0.4) is 0 Å². The zero-order chi connectivity index (χ0) is 86.2. The van der Waals surface area contributed by atoms with E-state index in [1.165, 1.54) is 0 Å². The zero-order valence-corrected chi connectivity index (χ0v) is 76.7. The fourth-order valence-corrected chi connectivity index (χ4v) is 16.3. The van der Waals surface area contributed by atoms with Gasteiger partial charge in [0.1, 0.15) is 5.60 Å². The highest BCUT2D eigenvalue weighted by Gasteiger charge is 2.43. The molecule has 0 spiro atoms. The van der Waals surface area contributed by atoms with Crippen LogP contribution in [0, 0.1) is 32.5 Å². The number of ketones is 3. The topological polar surface area (TPSA) is 120 Å². The molecule has 0 bridgehead atoms. The van der Waals surface area contributed by atoms with Gasteiger partial charge >= 0.3 is 0 Å². The van der Waals surface area contributed by atoms with Crippen LogP contribution in [0.2, 0.25) is 0 Å². The van der Waals surface area contributed by atoms with Crippen LogP contribution in [-0.4, -0.2) is 24.5 Å². The van der Waals surface area contributed by atoms with Crippen LogP contribution >= 0.6 is 0 Å². The van der Waals surface area contributed by atoms with Gasteiger partial charge in [-0.05, 0) is 221 Å². The molecule has 7 nitrogen and oxygen atoms in total. The van der Waals surface area contributed by atoms with Gasteiger partial charge in [0.15, 0.2) is 34.6 Å². The summed E-state index contributed by atoms with van der Waals surface area (Å²) in [5.74, 6) is 0.134. The van der Waals surface area contributed by atoms with Gasteiger partial charge < -0.3 is 4.74 Å². The zero-order valence-electron chi connectivity index (χ0n) is 76.7. The summed E-state index contributed by atoms with van der Waals surface area (Å²) >= 11 is 0. The Morgan fingerprint density at radius 3 is 0.491 bits per heavy atom. The first-order chi connectivity index (χ1) is 51.6. The molecule has 0 saturated carbocycles. The van der Waals surface area contributed by atoms with Crippen LogP contribution in [0.15, 0.2) is 196 Å². The lowest BCUT2D eigenvalue weighted by molar-refractivity contribution is -0.114. The van der Waals surface area contributed by atoms with E-state index in [2.05, 4.69) is 395 Å². The Balaban J connectivity index is 1.46. The van der Waals surface area contributed by atoms with Crippen molar-refractivity contribution in [3.05, 3.63) is 279 Å². The van der Waals surface area contributed by atoms with Gasteiger partial charge in [-0.3, -0.25) is 29.7 Å². The van der Waals surface area contributed by atoms with Crippen LogP contribution in [0.25, 0.3) is 16.7 Å². The summed E-state index contributed by atoms with van der Waals surface area (Å²) in [6, 6.07) is 38.4. The Morgan fingerprint density at radius 1 is 0.219 bits per heavy atom. The minimum atomic E-state index is -1.36. The van der Waals surface area contributed by atoms with Gasteiger partial charge in [-0.15, -0.1) is 0 Å². The summed E-state index contributed by atoms with van der Waals surface area (Å²) in [5.41, 5.74) is 13.7. The highest BCUT2D eigenvalue weighted by atomic mass is 16.5. The number of hydrogen-bond donors (Lipinski definition) is 0. The molecule has 0 saturated heterocycles. The summed E-state index contributed by atoms with van der Waals surface area (Å²) in [5, 5.41) is 44.8. The van der Waals surface area contributed by atoms with Crippen LogP contribution in [-0.2, 0) is 72.5 Å². The largest absolute Gasteiger partial charge is 0.364 e. The second-order valence-electron chi connectivity index (χ2n) is 45.1. The molecule has 114 heavy (non-hydrogen) atoms. The molecule has 605 valence electrons. The van der Waals surface area contributed by atoms with E-state index in [0.717, 1.165) is 83.5 Å². The minimum Gasteiger partial charge on any atom is -0.364 e. The first kappa shape index (κ1) is 89.3. The molecular formula is C107H135O7. The smallest absolute Gasteiger partial charge is 0.186 e. The van der Waals surface area contributed by atoms with E-state index in [9.17, 15) is 29.7 Å². The third-order valence-corrected chi connectivity index (χ3v) is 23.0. The van der Waals surface area contributed by atoms with Gasteiger partial charge in [0, 0.05) is 73.9 Å². The van der Waals surface area contributed by atoms with Gasteiger partial charge in [0.05, 0.1) is 0 Å². The van der Waals surface area contributed by atoms with Gasteiger partial charge in [-0.25, -0.2) is 0 Å². The van der Waals surface area contributed by atoms with Crippen LogP contribution in [0.1, 0.15) is 333 Å². The molecule has 7 heteroatoms. The highest BCUT2D eigenvalue weighted by Crippen LogP contribution is 2.53. The first-order valence-electron chi connectivity index (χ1n) is 41.2. The van der Waals surface area contributed by atoms with Crippen molar-refractivity contribution >= 4 is 34.1 Å². The average Bonchev–Trinajstić information content (AvgIpc) is 0.738. The van der Waals surface area contributed by atoms with E-state index in [1.54, 1.807) is 7.11 Å². The quantitative estimate of drug-likeness (QED) is 0.127. The van der Waals surface area contributed by atoms with E-state index in [4.69, 9.17) is 4.74 Å². The summed E-state index contributed by atoms with van der Waals surface area (Å²) in [6.07, 6.45) is 12.5. The Labute approximate surface area is 687 Å². The maximum absolute atomic E-state index is 14.9.